The molecule has 0 aliphatic carbocycles. The number of carbonyl (C=O) groups excluding carboxylic acids is 2. The first kappa shape index (κ1) is 32.0. The summed E-state index contributed by atoms with van der Waals surface area (Å²) in [5.74, 6) is 0.167. The standard InChI is InChI=1S/C28H35Cl3O7/c1-17(2)34-15-24(38-19(4)33)16-35-22-9-7-20(8-10-22)28(5,6)21-11-25(30)27(26(31)12-21)36-14-23(13-29)37-18(3)32/h7-12,17,23-24H,13-16H2,1-6H3/t23-,24-/m0/s1. The van der Waals surface area contributed by atoms with Gasteiger partial charge in [-0.2, -0.15) is 0 Å². The molecular formula is C28H35Cl3O7. The Kier molecular flexibility index (Phi) is 12.5. The largest absolute Gasteiger partial charge is 0.490 e. The molecule has 10 heteroatoms. The zero-order valence-electron chi connectivity index (χ0n) is 22.5. The average Bonchev–Trinajstić information content (AvgIpc) is 2.83. The van der Waals surface area contributed by atoms with Crippen molar-refractivity contribution in [1.29, 1.82) is 0 Å². The van der Waals surface area contributed by atoms with E-state index < -0.39 is 23.6 Å². The van der Waals surface area contributed by atoms with Gasteiger partial charge in [0, 0.05) is 19.3 Å². The molecule has 0 bridgehead atoms. The Labute approximate surface area is 239 Å². The summed E-state index contributed by atoms with van der Waals surface area (Å²) in [4.78, 5) is 22.6. The summed E-state index contributed by atoms with van der Waals surface area (Å²) < 4.78 is 27.5. The topological polar surface area (TPSA) is 80.3 Å². The number of esters is 2. The minimum Gasteiger partial charge on any atom is -0.490 e. The molecule has 0 heterocycles. The van der Waals surface area contributed by atoms with Crippen molar-refractivity contribution in [2.45, 2.75) is 65.3 Å². The van der Waals surface area contributed by atoms with Gasteiger partial charge in [-0.15, -0.1) is 11.6 Å². The normalized spacial score (nSPS) is 13.1. The average molecular weight is 590 g/mol. The van der Waals surface area contributed by atoms with Crippen LogP contribution in [0.25, 0.3) is 0 Å². The van der Waals surface area contributed by atoms with E-state index in [2.05, 4.69) is 13.8 Å². The van der Waals surface area contributed by atoms with Crippen molar-refractivity contribution >= 4 is 46.7 Å². The van der Waals surface area contributed by atoms with Gasteiger partial charge in [0.1, 0.15) is 25.1 Å². The molecule has 7 nitrogen and oxygen atoms in total. The summed E-state index contributed by atoms with van der Waals surface area (Å²) in [6.45, 7) is 11.0. The molecule has 2 atom stereocenters. The molecule has 0 saturated carbocycles. The summed E-state index contributed by atoms with van der Waals surface area (Å²) in [7, 11) is 0. The molecule has 0 fully saturated rings. The molecule has 2 aromatic carbocycles. The molecule has 0 aromatic heterocycles. The second-order valence-corrected chi connectivity index (χ2v) is 10.7. The van der Waals surface area contributed by atoms with Crippen LogP contribution in [0.3, 0.4) is 0 Å². The third kappa shape index (κ3) is 9.84. The number of carbonyl (C=O) groups is 2. The number of hydrogen-bond donors (Lipinski definition) is 0. The van der Waals surface area contributed by atoms with Gasteiger partial charge in [-0.1, -0.05) is 49.2 Å². The van der Waals surface area contributed by atoms with Crippen LogP contribution in [0.5, 0.6) is 11.5 Å². The van der Waals surface area contributed by atoms with Crippen LogP contribution < -0.4 is 9.47 Å². The Morgan fingerprint density at radius 3 is 1.84 bits per heavy atom. The van der Waals surface area contributed by atoms with Crippen molar-refractivity contribution < 1.29 is 33.3 Å². The molecule has 0 amide bonds. The smallest absolute Gasteiger partial charge is 0.303 e. The van der Waals surface area contributed by atoms with E-state index in [1.807, 2.05) is 38.1 Å². The number of benzene rings is 2. The summed E-state index contributed by atoms with van der Waals surface area (Å²) in [5, 5.41) is 0.661. The molecule has 0 unspecified atom stereocenters. The predicted molar refractivity (Wildman–Crippen MR) is 149 cm³/mol. The maximum atomic E-state index is 11.4. The first-order chi connectivity index (χ1) is 17.8. The van der Waals surface area contributed by atoms with Gasteiger partial charge in [-0.05, 0) is 49.2 Å². The van der Waals surface area contributed by atoms with Gasteiger partial charge in [0.05, 0.1) is 28.6 Å². The lowest BCUT2D eigenvalue weighted by atomic mass is 9.78. The van der Waals surface area contributed by atoms with Crippen LogP contribution in [-0.4, -0.2) is 56.0 Å². The van der Waals surface area contributed by atoms with Crippen molar-refractivity contribution in [1.82, 2.24) is 0 Å². The zero-order valence-corrected chi connectivity index (χ0v) is 24.8. The molecule has 210 valence electrons. The highest BCUT2D eigenvalue weighted by Crippen LogP contribution is 2.40. The molecule has 2 rings (SSSR count). The Hall–Kier alpha value is -2.19. The van der Waals surface area contributed by atoms with Crippen LogP contribution in [0.4, 0.5) is 0 Å². The van der Waals surface area contributed by atoms with Crippen molar-refractivity contribution in [3.63, 3.8) is 0 Å². The Bertz CT molecular complexity index is 1050. The van der Waals surface area contributed by atoms with E-state index in [4.69, 9.17) is 58.5 Å². The van der Waals surface area contributed by atoms with Gasteiger partial charge in [-0.25, -0.2) is 0 Å². The molecule has 2 aromatic rings. The molecular weight excluding hydrogens is 555 g/mol. The maximum absolute atomic E-state index is 11.4. The van der Waals surface area contributed by atoms with Gasteiger partial charge in [0.15, 0.2) is 11.9 Å². The molecule has 0 spiro atoms. The van der Waals surface area contributed by atoms with Crippen LogP contribution >= 0.6 is 34.8 Å². The van der Waals surface area contributed by atoms with E-state index in [-0.39, 0.29) is 37.8 Å². The van der Waals surface area contributed by atoms with E-state index in [1.54, 1.807) is 12.1 Å². The molecule has 0 aliphatic rings. The van der Waals surface area contributed by atoms with E-state index in [1.165, 1.54) is 13.8 Å². The highest BCUT2D eigenvalue weighted by atomic mass is 35.5. The van der Waals surface area contributed by atoms with Crippen LogP contribution in [-0.2, 0) is 29.2 Å². The minimum absolute atomic E-state index is 0.0144. The summed E-state index contributed by atoms with van der Waals surface area (Å²) in [6.07, 6.45) is -1.12. The third-order valence-electron chi connectivity index (χ3n) is 5.60. The van der Waals surface area contributed by atoms with Crippen molar-refractivity contribution in [2.24, 2.45) is 0 Å². The SMILES string of the molecule is CC(=O)O[C@H](COc1ccc(C(C)(C)c2cc(Cl)c(OC[C@H](CCl)OC(C)=O)c(Cl)c2)cc1)COC(C)C. The van der Waals surface area contributed by atoms with Crippen LogP contribution in [0.1, 0.15) is 52.7 Å². The maximum Gasteiger partial charge on any atom is 0.303 e. The Morgan fingerprint density at radius 2 is 1.34 bits per heavy atom. The van der Waals surface area contributed by atoms with Gasteiger partial charge in [0.25, 0.3) is 0 Å². The molecule has 38 heavy (non-hydrogen) atoms. The van der Waals surface area contributed by atoms with Gasteiger partial charge in [0.2, 0.25) is 0 Å². The van der Waals surface area contributed by atoms with Gasteiger partial charge >= 0.3 is 11.9 Å². The van der Waals surface area contributed by atoms with Crippen molar-refractivity contribution in [3.8, 4) is 11.5 Å². The first-order valence-corrected chi connectivity index (χ1v) is 13.5. The van der Waals surface area contributed by atoms with Crippen molar-refractivity contribution in [3.05, 3.63) is 57.6 Å². The lowest BCUT2D eigenvalue weighted by molar-refractivity contribution is -0.152. The number of ether oxygens (including phenoxy) is 5. The lowest BCUT2D eigenvalue weighted by Crippen LogP contribution is -2.30. The fraction of sp³-hybridized carbons (Fsp3) is 0.500. The highest BCUT2D eigenvalue weighted by molar-refractivity contribution is 6.37. The number of hydrogen-bond acceptors (Lipinski definition) is 7. The van der Waals surface area contributed by atoms with Crippen LogP contribution in [0.2, 0.25) is 10.0 Å². The number of rotatable bonds is 14. The van der Waals surface area contributed by atoms with Gasteiger partial charge in [-0.3, -0.25) is 9.59 Å². The fourth-order valence-corrected chi connectivity index (χ4v) is 4.30. The zero-order chi connectivity index (χ0) is 28.5. The molecule has 0 saturated heterocycles. The second-order valence-electron chi connectivity index (χ2n) is 9.54. The number of halogens is 3. The quantitative estimate of drug-likeness (QED) is 0.181. The third-order valence-corrected chi connectivity index (χ3v) is 6.50. The van der Waals surface area contributed by atoms with Crippen LogP contribution in [0.15, 0.2) is 36.4 Å². The minimum atomic E-state index is -0.620. The van der Waals surface area contributed by atoms with Crippen molar-refractivity contribution in [2.75, 3.05) is 25.7 Å². The first-order valence-electron chi connectivity index (χ1n) is 12.2. The van der Waals surface area contributed by atoms with E-state index in [0.29, 0.717) is 21.5 Å². The van der Waals surface area contributed by atoms with E-state index >= 15 is 0 Å². The fourth-order valence-electron chi connectivity index (χ4n) is 3.55. The lowest BCUT2D eigenvalue weighted by Gasteiger charge is -2.27. The summed E-state index contributed by atoms with van der Waals surface area (Å²) in [5.41, 5.74) is 1.43. The molecule has 0 N–H and O–H groups in total. The Balaban J connectivity index is 2.12. The monoisotopic (exact) mass is 588 g/mol. The predicted octanol–water partition coefficient (Wildman–Crippen LogP) is 6.60. The second kappa shape index (κ2) is 14.8. The van der Waals surface area contributed by atoms with E-state index in [9.17, 15) is 9.59 Å². The Morgan fingerprint density at radius 1 is 0.816 bits per heavy atom. The summed E-state index contributed by atoms with van der Waals surface area (Å²) in [6, 6.07) is 11.2. The van der Waals surface area contributed by atoms with Gasteiger partial charge < -0.3 is 23.7 Å². The molecule has 0 aliphatic heterocycles. The number of alkyl halides is 1. The van der Waals surface area contributed by atoms with Crippen LogP contribution in [0, 0.1) is 0 Å². The highest BCUT2D eigenvalue weighted by Gasteiger charge is 2.26. The summed E-state index contributed by atoms with van der Waals surface area (Å²) >= 11 is 18.9. The van der Waals surface area contributed by atoms with E-state index in [0.717, 1.165) is 11.1 Å². The molecule has 0 radical (unpaired) electrons.